The lowest BCUT2D eigenvalue weighted by molar-refractivity contribution is -0.160. The number of rotatable bonds is 5. The van der Waals surface area contributed by atoms with Gasteiger partial charge in [0.25, 0.3) is 5.91 Å². The second-order valence-corrected chi connectivity index (χ2v) is 6.68. The fourth-order valence-electron chi connectivity index (χ4n) is 2.77. The molecule has 0 aliphatic carbocycles. The van der Waals surface area contributed by atoms with Crippen LogP contribution >= 0.6 is 11.6 Å². The van der Waals surface area contributed by atoms with Crippen LogP contribution in [0.15, 0.2) is 48.5 Å². The van der Waals surface area contributed by atoms with Crippen molar-refractivity contribution in [3.63, 3.8) is 0 Å². The number of fused-ring (bicyclic) bond motifs is 1. The van der Waals surface area contributed by atoms with Gasteiger partial charge in [-0.3, -0.25) is 9.59 Å². The molecule has 0 radical (unpaired) electrons. The van der Waals surface area contributed by atoms with Gasteiger partial charge in [-0.1, -0.05) is 41.9 Å². The first kappa shape index (κ1) is 18.3. The molecule has 5 nitrogen and oxygen atoms in total. The van der Waals surface area contributed by atoms with E-state index < -0.39 is 18.0 Å². The summed E-state index contributed by atoms with van der Waals surface area (Å²) in [4.78, 5) is 24.5. The first-order chi connectivity index (χ1) is 12.5. The van der Waals surface area contributed by atoms with Crippen molar-refractivity contribution in [2.24, 2.45) is 5.92 Å². The summed E-state index contributed by atoms with van der Waals surface area (Å²) in [5.74, 6) is -0.502. The van der Waals surface area contributed by atoms with Crippen LogP contribution in [0.4, 0.5) is 0 Å². The number of nitrogens with one attached hydrogen (secondary N) is 1. The van der Waals surface area contributed by atoms with E-state index in [1.807, 2.05) is 30.3 Å². The van der Waals surface area contributed by atoms with Gasteiger partial charge in [0, 0.05) is 11.6 Å². The predicted molar refractivity (Wildman–Crippen MR) is 98.0 cm³/mol. The molecule has 0 spiro atoms. The van der Waals surface area contributed by atoms with Crippen molar-refractivity contribution in [1.29, 1.82) is 0 Å². The van der Waals surface area contributed by atoms with E-state index in [0.717, 1.165) is 16.9 Å². The number of esters is 1. The summed E-state index contributed by atoms with van der Waals surface area (Å²) in [6, 6.07) is 14.9. The van der Waals surface area contributed by atoms with Gasteiger partial charge in [-0.15, -0.1) is 0 Å². The van der Waals surface area contributed by atoms with E-state index in [4.69, 9.17) is 21.1 Å². The molecular weight excluding hydrogens is 354 g/mol. The Balaban J connectivity index is 1.51. The maximum atomic E-state index is 12.4. The highest BCUT2D eigenvalue weighted by Crippen LogP contribution is 2.30. The Bertz CT molecular complexity index is 794. The van der Waals surface area contributed by atoms with E-state index in [1.165, 1.54) is 0 Å². The van der Waals surface area contributed by atoms with E-state index in [0.29, 0.717) is 18.0 Å². The average Bonchev–Trinajstić information content (AvgIpc) is 2.66. The van der Waals surface area contributed by atoms with Gasteiger partial charge in [-0.05, 0) is 42.7 Å². The topological polar surface area (TPSA) is 64.6 Å². The predicted octanol–water partition coefficient (Wildman–Crippen LogP) is 3.14. The molecule has 2 aromatic rings. The quantitative estimate of drug-likeness (QED) is 0.818. The summed E-state index contributed by atoms with van der Waals surface area (Å²) in [6.45, 7) is 2.18. The molecule has 26 heavy (non-hydrogen) atoms. The van der Waals surface area contributed by atoms with Crippen LogP contribution in [0.3, 0.4) is 0 Å². The van der Waals surface area contributed by atoms with Crippen LogP contribution in [-0.2, 0) is 27.3 Å². The Morgan fingerprint density at radius 2 is 2.04 bits per heavy atom. The fourth-order valence-corrected chi connectivity index (χ4v) is 2.96. The van der Waals surface area contributed by atoms with Crippen molar-refractivity contribution in [3.8, 4) is 5.75 Å². The summed E-state index contributed by atoms with van der Waals surface area (Å²) in [5, 5.41) is 3.36. The lowest BCUT2D eigenvalue weighted by Crippen LogP contribution is -2.38. The zero-order valence-electron chi connectivity index (χ0n) is 14.4. The molecule has 136 valence electrons. The van der Waals surface area contributed by atoms with Crippen molar-refractivity contribution in [2.45, 2.75) is 26.0 Å². The molecule has 1 amide bonds. The Kier molecular flexibility index (Phi) is 5.78. The molecule has 0 bridgehead atoms. The summed E-state index contributed by atoms with van der Waals surface area (Å²) in [7, 11) is 0. The molecule has 0 unspecified atom stereocenters. The monoisotopic (exact) mass is 373 g/mol. The molecule has 0 saturated heterocycles. The Morgan fingerprint density at radius 1 is 1.27 bits per heavy atom. The molecular formula is C20H20ClNO4. The maximum Gasteiger partial charge on any atom is 0.313 e. The molecule has 1 N–H and O–H groups in total. The molecule has 1 aliphatic rings. The third kappa shape index (κ3) is 4.55. The fraction of sp³-hybridized carbons (Fsp3) is 0.300. The second-order valence-electron chi connectivity index (χ2n) is 6.25. The van der Waals surface area contributed by atoms with Gasteiger partial charge in [0.1, 0.15) is 12.4 Å². The van der Waals surface area contributed by atoms with Crippen LogP contribution in [0.5, 0.6) is 5.75 Å². The summed E-state index contributed by atoms with van der Waals surface area (Å²) >= 11 is 5.99. The van der Waals surface area contributed by atoms with Gasteiger partial charge < -0.3 is 14.8 Å². The van der Waals surface area contributed by atoms with E-state index in [-0.39, 0.29) is 12.5 Å². The van der Waals surface area contributed by atoms with Crippen molar-refractivity contribution in [3.05, 3.63) is 64.7 Å². The maximum absolute atomic E-state index is 12.4. The molecule has 1 heterocycles. The van der Waals surface area contributed by atoms with Crippen molar-refractivity contribution >= 4 is 23.5 Å². The van der Waals surface area contributed by atoms with Crippen LogP contribution in [0.1, 0.15) is 18.1 Å². The minimum absolute atomic E-state index is 0.228. The molecule has 1 aliphatic heterocycles. The standard InChI is InChI=1S/C20H20ClNO4/c1-13(19(23)22-11-14-5-3-2-4-6-14)26-20(24)16-9-15-10-17(21)7-8-18(15)25-12-16/h2-8,10,13,16H,9,11-12H2,1H3,(H,22,23)/t13-,16+/m1/s1. The van der Waals surface area contributed by atoms with Crippen LogP contribution in [-0.4, -0.2) is 24.6 Å². The highest BCUT2D eigenvalue weighted by Gasteiger charge is 2.29. The summed E-state index contributed by atoms with van der Waals surface area (Å²) in [5.41, 5.74) is 1.85. The summed E-state index contributed by atoms with van der Waals surface area (Å²) in [6.07, 6.45) is -0.389. The number of amides is 1. The normalized spacial score (nSPS) is 16.8. The molecule has 6 heteroatoms. The Morgan fingerprint density at radius 3 is 2.81 bits per heavy atom. The van der Waals surface area contributed by atoms with Gasteiger partial charge in [0.15, 0.2) is 6.10 Å². The Labute approximate surface area is 157 Å². The molecule has 0 saturated carbocycles. The van der Waals surface area contributed by atoms with Gasteiger partial charge >= 0.3 is 5.97 Å². The van der Waals surface area contributed by atoms with Crippen molar-refractivity contribution < 1.29 is 19.1 Å². The molecule has 2 atom stereocenters. The van der Waals surface area contributed by atoms with E-state index in [2.05, 4.69) is 5.32 Å². The largest absolute Gasteiger partial charge is 0.492 e. The highest BCUT2D eigenvalue weighted by atomic mass is 35.5. The number of halogens is 1. The van der Waals surface area contributed by atoms with Gasteiger partial charge in [0.2, 0.25) is 0 Å². The average molecular weight is 374 g/mol. The lowest BCUT2D eigenvalue weighted by atomic mass is 9.97. The first-order valence-corrected chi connectivity index (χ1v) is 8.84. The van der Waals surface area contributed by atoms with Crippen LogP contribution in [0, 0.1) is 5.92 Å². The first-order valence-electron chi connectivity index (χ1n) is 8.46. The van der Waals surface area contributed by atoms with Crippen LogP contribution in [0.25, 0.3) is 0 Å². The number of carbonyl (C=O) groups excluding carboxylic acids is 2. The Hall–Kier alpha value is -2.53. The second kappa shape index (κ2) is 8.23. The third-order valence-corrected chi connectivity index (χ3v) is 4.47. The van der Waals surface area contributed by atoms with E-state index >= 15 is 0 Å². The smallest absolute Gasteiger partial charge is 0.313 e. The zero-order valence-corrected chi connectivity index (χ0v) is 15.2. The number of hydrogen-bond donors (Lipinski definition) is 1. The number of ether oxygens (including phenoxy) is 2. The molecule has 2 aromatic carbocycles. The van der Waals surface area contributed by atoms with E-state index in [9.17, 15) is 9.59 Å². The van der Waals surface area contributed by atoms with Gasteiger partial charge in [-0.25, -0.2) is 0 Å². The van der Waals surface area contributed by atoms with Crippen LogP contribution in [0.2, 0.25) is 5.02 Å². The van der Waals surface area contributed by atoms with E-state index in [1.54, 1.807) is 25.1 Å². The summed E-state index contributed by atoms with van der Waals surface area (Å²) < 4.78 is 10.9. The number of benzene rings is 2. The number of hydrogen-bond acceptors (Lipinski definition) is 4. The molecule has 0 aromatic heterocycles. The SMILES string of the molecule is C[C@@H](OC(=O)[C@@H]1COc2ccc(Cl)cc2C1)C(=O)NCc1ccccc1. The highest BCUT2D eigenvalue weighted by molar-refractivity contribution is 6.30. The minimum Gasteiger partial charge on any atom is -0.492 e. The van der Waals surface area contributed by atoms with Gasteiger partial charge in [-0.2, -0.15) is 0 Å². The molecule has 3 rings (SSSR count). The third-order valence-electron chi connectivity index (χ3n) is 4.23. The number of carbonyl (C=O) groups is 2. The zero-order chi connectivity index (χ0) is 18.5. The molecule has 0 fully saturated rings. The van der Waals surface area contributed by atoms with Crippen molar-refractivity contribution in [1.82, 2.24) is 5.32 Å². The van der Waals surface area contributed by atoms with Gasteiger partial charge in [0.05, 0.1) is 5.92 Å². The lowest BCUT2D eigenvalue weighted by Gasteiger charge is -2.25. The van der Waals surface area contributed by atoms with Crippen LogP contribution < -0.4 is 10.1 Å². The minimum atomic E-state index is -0.869. The van der Waals surface area contributed by atoms with Crippen molar-refractivity contribution in [2.75, 3.05) is 6.61 Å².